The SMILES string of the molecule is Cc1ccccc1N1CC(c2nc(-c3ccncc3)no2)CC1=O. The number of hydrogen-bond acceptors (Lipinski definition) is 5. The van der Waals surface area contributed by atoms with Crippen LogP contribution in [0.3, 0.4) is 0 Å². The Morgan fingerprint density at radius 3 is 2.75 bits per heavy atom. The number of nitrogens with zero attached hydrogens (tertiary/aromatic N) is 4. The highest BCUT2D eigenvalue weighted by Gasteiger charge is 2.35. The van der Waals surface area contributed by atoms with E-state index in [9.17, 15) is 4.79 Å². The lowest BCUT2D eigenvalue weighted by Crippen LogP contribution is -2.25. The van der Waals surface area contributed by atoms with Crippen LogP contribution in [0.1, 0.15) is 23.8 Å². The first-order chi connectivity index (χ1) is 11.7. The average Bonchev–Trinajstić information content (AvgIpc) is 3.23. The number of benzene rings is 1. The summed E-state index contributed by atoms with van der Waals surface area (Å²) in [6.45, 7) is 2.56. The molecule has 0 bridgehead atoms. The number of aromatic nitrogens is 3. The van der Waals surface area contributed by atoms with E-state index in [0.717, 1.165) is 16.8 Å². The van der Waals surface area contributed by atoms with Gasteiger partial charge in [-0.2, -0.15) is 4.98 Å². The summed E-state index contributed by atoms with van der Waals surface area (Å²) in [6, 6.07) is 11.5. The Bertz CT molecular complexity index is 875. The van der Waals surface area contributed by atoms with Crippen molar-refractivity contribution in [2.75, 3.05) is 11.4 Å². The fourth-order valence-corrected chi connectivity index (χ4v) is 2.99. The number of amides is 1. The van der Waals surface area contributed by atoms with Crippen molar-refractivity contribution in [1.29, 1.82) is 0 Å². The van der Waals surface area contributed by atoms with Crippen LogP contribution >= 0.6 is 0 Å². The number of pyridine rings is 1. The van der Waals surface area contributed by atoms with Crippen molar-refractivity contribution < 1.29 is 9.32 Å². The van der Waals surface area contributed by atoms with E-state index >= 15 is 0 Å². The van der Waals surface area contributed by atoms with Crippen LogP contribution in [0.5, 0.6) is 0 Å². The minimum absolute atomic E-state index is 0.0814. The van der Waals surface area contributed by atoms with Gasteiger partial charge in [0.05, 0.1) is 5.92 Å². The van der Waals surface area contributed by atoms with E-state index in [0.29, 0.717) is 24.7 Å². The molecule has 1 fully saturated rings. The van der Waals surface area contributed by atoms with E-state index in [1.54, 1.807) is 17.3 Å². The molecule has 1 amide bonds. The van der Waals surface area contributed by atoms with E-state index in [-0.39, 0.29) is 11.8 Å². The Hall–Kier alpha value is -3.02. The maximum atomic E-state index is 12.4. The second-order valence-corrected chi connectivity index (χ2v) is 5.88. The van der Waals surface area contributed by atoms with Crippen LogP contribution in [-0.2, 0) is 4.79 Å². The molecule has 3 aromatic rings. The third kappa shape index (κ3) is 2.56. The van der Waals surface area contributed by atoms with Crippen molar-refractivity contribution in [3.63, 3.8) is 0 Å². The minimum Gasteiger partial charge on any atom is -0.339 e. The predicted molar refractivity (Wildman–Crippen MR) is 88.4 cm³/mol. The van der Waals surface area contributed by atoms with Crippen molar-refractivity contribution in [3.8, 4) is 11.4 Å². The highest BCUT2D eigenvalue weighted by Crippen LogP contribution is 2.33. The molecule has 120 valence electrons. The lowest BCUT2D eigenvalue weighted by Gasteiger charge is -2.18. The molecular weight excluding hydrogens is 304 g/mol. The first-order valence-corrected chi connectivity index (χ1v) is 7.82. The molecule has 1 unspecified atom stereocenters. The van der Waals surface area contributed by atoms with E-state index in [1.807, 2.05) is 43.3 Å². The molecule has 0 radical (unpaired) electrons. The van der Waals surface area contributed by atoms with Crippen LogP contribution in [0, 0.1) is 6.92 Å². The standard InChI is InChI=1S/C18H16N4O2/c1-12-4-2-3-5-15(12)22-11-14(10-16(22)23)18-20-17(21-24-18)13-6-8-19-9-7-13/h2-9,14H,10-11H2,1H3. The van der Waals surface area contributed by atoms with Crippen molar-refractivity contribution in [2.24, 2.45) is 0 Å². The summed E-state index contributed by atoms with van der Waals surface area (Å²) in [7, 11) is 0. The predicted octanol–water partition coefficient (Wildman–Crippen LogP) is 2.96. The van der Waals surface area contributed by atoms with E-state index in [1.165, 1.54) is 0 Å². The number of carbonyl (C=O) groups excluding carboxylic acids is 1. The van der Waals surface area contributed by atoms with Crippen LogP contribution in [0.2, 0.25) is 0 Å². The Balaban J connectivity index is 1.58. The number of carbonyl (C=O) groups is 1. The topological polar surface area (TPSA) is 72.1 Å². The van der Waals surface area contributed by atoms with Gasteiger partial charge in [0.25, 0.3) is 0 Å². The van der Waals surface area contributed by atoms with Gasteiger partial charge in [-0.25, -0.2) is 0 Å². The van der Waals surface area contributed by atoms with Gasteiger partial charge in [0, 0.05) is 36.6 Å². The van der Waals surface area contributed by atoms with Gasteiger partial charge in [-0.05, 0) is 30.7 Å². The van der Waals surface area contributed by atoms with Gasteiger partial charge in [0.15, 0.2) is 0 Å². The van der Waals surface area contributed by atoms with Crippen LogP contribution < -0.4 is 4.90 Å². The van der Waals surface area contributed by atoms with Crippen LogP contribution in [0.25, 0.3) is 11.4 Å². The molecule has 0 N–H and O–H groups in total. The van der Waals surface area contributed by atoms with Crippen LogP contribution in [-0.4, -0.2) is 27.6 Å². The molecule has 3 heterocycles. The lowest BCUT2D eigenvalue weighted by molar-refractivity contribution is -0.117. The molecule has 1 aliphatic heterocycles. The maximum absolute atomic E-state index is 12.4. The molecule has 0 spiro atoms. The summed E-state index contributed by atoms with van der Waals surface area (Å²) in [6.07, 6.45) is 3.75. The molecule has 6 nitrogen and oxygen atoms in total. The molecule has 24 heavy (non-hydrogen) atoms. The van der Waals surface area contributed by atoms with Crippen molar-refractivity contribution in [2.45, 2.75) is 19.3 Å². The third-order valence-corrected chi connectivity index (χ3v) is 4.26. The normalized spacial score (nSPS) is 17.5. The fraction of sp³-hybridized carbons (Fsp3) is 0.222. The molecule has 6 heteroatoms. The van der Waals surface area contributed by atoms with Crippen molar-refractivity contribution in [1.82, 2.24) is 15.1 Å². The second kappa shape index (κ2) is 5.88. The van der Waals surface area contributed by atoms with Gasteiger partial charge >= 0.3 is 0 Å². The monoisotopic (exact) mass is 320 g/mol. The molecule has 0 aliphatic carbocycles. The van der Waals surface area contributed by atoms with Gasteiger partial charge in [0.2, 0.25) is 17.6 Å². The number of hydrogen-bond donors (Lipinski definition) is 0. The van der Waals surface area contributed by atoms with Crippen LogP contribution in [0.15, 0.2) is 53.3 Å². The minimum atomic E-state index is -0.0832. The lowest BCUT2D eigenvalue weighted by atomic mass is 10.1. The number of para-hydroxylation sites is 1. The molecule has 4 rings (SSSR count). The van der Waals surface area contributed by atoms with Crippen molar-refractivity contribution in [3.05, 3.63) is 60.2 Å². The summed E-state index contributed by atoms with van der Waals surface area (Å²) in [5, 5.41) is 4.03. The summed E-state index contributed by atoms with van der Waals surface area (Å²) < 4.78 is 5.41. The van der Waals surface area contributed by atoms with Gasteiger partial charge in [-0.3, -0.25) is 9.78 Å². The summed E-state index contributed by atoms with van der Waals surface area (Å²) in [5.41, 5.74) is 2.87. The highest BCUT2D eigenvalue weighted by atomic mass is 16.5. The molecular formula is C18H16N4O2. The molecule has 2 aromatic heterocycles. The van der Waals surface area contributed by atoms with E-state index < -0.39 is 0 Å². The summed E-state index contributed by atoms with van der Waals surface area (Å²) in [4.78, 5) is 22.7. The zero-order valence-electron chi connectivity index (χ0n) is 13.2. The van der Waals surface area contributed by atoms with E-state index in [2.05, 4.69) is 15.1 Å². The summed E-state index contributed by atoms with van der Waals surface area (Å²) in [5.74, 6) is 1.03. The first-order valence-electron chi connectivity index (χ1n) is 7.82. The fourth-order valence-electron chi connectivity index (χ4n) is 2.99. The maximum Gasteiger partial charge on any atom is 0.232 e. The second-order valence-electron chi connectivity index (χ2n) is 5.88. The molecule has 1 atom stereocenters. The molecule has 1 saturated heterocycles. The first kappa shape index (κ1) is 14.6. The van der Waals surface area contributed by atoms with Crippen molar-refractivity contribution >= 4 is 11.6 Å². The highest BCUT2D eigenvalue weighted by molar-refractivity contribution is 5.97. The zero-order valence-corrected chi connectivity index (χ0v) is 13.2. The van der Waals surface area contributed by atoms with Gasteiger partial charge < -0.3 is 9.42 Å². The van der Waals surface area contributed by atoms with Gasteiger partial charge in [-0.15, -0.1) is 0 Å². The average molecular weight is 320 g/mol. The Labute approximate surface area is 139 Å². The molecule has 1 aromatic carbocycles. The molecule has 0 saturated carbocycles. The van der Waals surface area contributed by atoms with E-state index in [4.69, 9.17) is 4.52 Å². The molecule has 1 aliphatic rings. The Kier molecular flexibility index (Phi) is 3.57. The Morgan fingerprint density at radius 2 is 1.96 bits per heavy atom. The Morgan fingerprint density at radius 1 is 1.17 bits per heavy atom. The zero-order chi connectivity index (χ0) is 16.5. The smallest absolute Gasteiger partial charge is 0.232 e. The van der Waals surface area contributed by atoms with Gasteiger partial charge in [0.1, 0.15) is 0 Å². The number of anilines is 1. The quantitative estimate of drug-likeness (QED) is 0.742. The third-order valence-electron chi connectivity index (χ3n) is 4.26. The summed E-state index contributed by atoms with van der Waals surface area (Å²) >= 11 is 0. The van der Waals surface area contributed by atoms with Crippen LogP contribution in [0.4, 0.5) is 5.69 Å². The number of aryl methyl sites for hydroxylation is 1. The van der Waals surface area contributed by atoms with Gasteiger partial charge in [-0.1, -0.05) is 23.4 Å². The number of rotatable bonds is 3. The largest absolute Gasteiger partial charge is 0.339 e.